The van der Waals surface area contributed by atoms with Crippen LogP contribution in [-0.4, -0.2) is 36.5 Å². The molecular weight excluding hydrogens is 254 g/mol. The van der Waals surface area contributed by atoms with Gasteiger partial charge in [-0.3, -0.25) is 9.59 Å². The predicted molar refractivity (Wildman–Crippen MR) is 81.4 cm³/mol. The summed E-state index contributed by atoms with van der Waals surface area (Å²) < 4.78 is 4.88. The average molecular weight is 285 g/mol. The molecule has 1 amide bonds. The molecular formula is C16H31NO3. The maximum Gasteiger partial charge on any atom is 0.306 e. The van der Waals surface area contributed by atoms with E-state index in [1.54, 1.807) is 6.92 Å². The van der Waals surface area contributed by atoms with Gasteiger partial charge in [0, 0.05) is 19.5 Å². The maximum absolute atomic E-state index is 11.4. The molecule has 1 unspecified atom stereocenters. The number of esters is 1. The molecule has 20 heavy (non-hydrogen) atoms. The summed E-state index contributed by atoms with van der Waals surface area (Å²) in [4.78, 5) is 24.4. The minimum atomic E-state index is -0.145. The number of hydrogen-bond donors (Lipinski definition) is 0. The van der Waals surface area contributed by atoms with E-state index in [1.165, 1.54) is 0 Å². The second kappa shape index (κ2) is 8.98. The van der Waals surface area contributed by atoms with E-state index in [-0.39, 0.29) is 11.9 Å². The van der Waals surface area contributed by atoms with Gasteiger partial charge in [-0.15, -0.1) is 0 Å². The van der Waals surface area contributed by atoms with Crippen LogP contribution < -0.4 is 0 Å². The number of carbonyl (C=O) groups excluding carboxylic acids is 2. The Balaban J connectivity index is 0.000000621. The third kappa shape index (κ3) is 9.82. The van der Waals surface area contributed by atoms with Crippen LogP contribution in [-0.2, 0) is 14.3 Å². The van der Waals surface area contributed by atoms with Crippen molar-refractivity contribution in [2.24, 2.45) is 11.3 Å². The highest BCUT2D eigenvalue weighted by molar-refractivity contribution is 5.76. The van der Waals surface area contributed by atoms with Gasteiger partial charge in [-0.25, -0.2) is 0 Å². The monoisotopic (exact) mass is 285 g/mol. The quantitative estimate of drug-likeness (QED) is 0.745. The van der Waals surface area contributed by atoms with E-state index in [0.29, 0.717) is 37.3 Å². The molecule has 1 rings (SSSR count). The zero-order valence-electron chi connectivity index (χ0n) is 14.0. The number of nitrogens with zero attached hydrogens (tertiary/aromatic N) is 1. The van der Waals surface area contributed by atoms with E-state index in [2.05, 4.69) is 27.7 Å². The summed E-state index contributed by atoms with van der Waals surface area (Å²) >= 11 is 0. The van der Waals surface area contributed by atoms with E-state index in [9.17, 15) is 9.59 Å². The van der Waals surface area contributed by atoms with Crippen molar-refractivity contribution < 1.29 is 14.3 Å². The first-order valence-corrected chi connectivity index (χ1v) is 7.60. The van der Waals surface area contributed by atoms with Crippen LogP contribution in [0.5, 0.6) is 0 Å². The first kappa shape index (κ1) is 18.9. The molecule has 0 aromatic carbocycles. The van der Waals surface area contributed by atoms with Crippen molar-refractivity contribution in [3.63, 3.8) is 0 Å². The Morgan fingerprint density at radius 1 is 1.20 bits per heavy atom. The van der Waals surface area contributed by atoms with Crippen molar-refractivity contribution in [2.45, 2.75) is 60.8 Å². The molecule has 0 radical (unpaired) electrons. The van der Waals surface area contributed by atoms with Crippen LogP contribution in [0.3, 0.4) is 0 Å². The van der Waals surface area contributed by atoms with Crippen molar-refractivity contribution in [2.75, 3.05) is 19.7 Å². The molecule has 0 spiro atoms. The van der Waals surface area contributed by atoms with Crippen molar-refractivity contribution >= 4 is 11.9 Å². The zero-order chi connectivity index (χ0) is 15.8. The lowest BCUT2D eigenvalue weighted by atomic mass is 10.0. The third-order valence-corrected chi connectivity index (χ3v) is 2.70. The summed E-state index contributed by atoms with van der Waals surface area (Å²) in [6.07, 6.45) is 1.91. The van der Waals surface area contributed by atoms with Gasteiger partial charge in [0.2, 0.25) is 5.91 Å². The van der Waals surface area contributed by atoms with Gasteiger partial charge >= 0.3 is 5.97 Å². The smallest absolute Gasteiger partial charge is 0.306 e. The van der Waals surface area contributed by atoms with Gasteiger partial charge in [0.15, 0.2) is 0 Å². The molecule has 4 nitrogen and oxygen atoms in total. The Morgan fingerprint density at radius 3 is 2.20 bits per heavy atom. The Hall–Kier alpha value is -1.06. The number of rotatable bonds is 4. The molecule has 0 bridgehead atoms. The molecule has 1 fully saturated rings. The van der Waals surface area contributed by atoms with Crippen molar-refractivity contribution in [3.05, 3.63) is 0 Å². The van der Waals surface area contributed by atoms with Crippen LogP contribution in [0.15, 0.2) is 0 Å². The molecule has 4 heteroatoms. The summed E-state index contributed by atoms with van der Waals surface area (Å²) in [6, 6.07) is 0. The van der Waals surface area contributed by atoms with Gasteiger partial charge in [0.1, 0.15) is 0 Å². The molecule has 1 aliphatic heterocycles. The molecule has 1 aliphatic rings. The first-order chi connectivity index (χ1) is 9.17. The Bertz CT molecular complexity index is 301. The fourth-order valence-corrected chi connectivity index (χ4v) is 1.91. The number of carbonyl (C=O) groups is 2. The molecule has 0 aromatic rings. The van der Waals surface area contributed by atoms with E-state index in [0.717, 1.165) is 13.0 Å². The van der Waals surface area contributed by atoms with Gasteiger partial charge in [0.05, 0.1) is 13.0 Å². The second-order valence-electron chi connectivity index (χ2n) is 6.86. The first-order valence-electron chi connectivity index (χ1n) is 7.60. The molecule has 0 saturated carbocycles. The van der Waals surface area contributed by atoms with Crippen LogP contribution in [0.1, 0.15) is 60.8 Å². The zero-order valence-corrected chi connectivity index (χ0v) is 14.0. The third-order valence-electron chi connectivity index (χ3n) is 2.70. The van der Waals surface area contributed by atoms with Crippen molar-refractivity contribution in [1.82, 2.24) is 4.90 Å². The van der Waals surface area contributed by atoms with Crippen molar-refractivity contribution in [1.29, 1.82) is 0 Å². The van der Waals surface area contributed by atoms with Gasteiger partial charge < -0.3 is 9.64 Å². The van der Waals surface area contributed by atoms with Crippen LogP contribution in [0.4, 0.5) is 0 Å². The van der Waals surface area contributed by atoms with Gasteiger partial charge in [-0.2, -0.15) is 0 Å². The summed E-state index contributed by atoms with van der Waals surface area (Å²) in [5.74, 6) is 0.328. The highest BCUT2D eigenvalue weighted by atomic mass is 16.5. The largest absolute Gasteiger partial charge is 0.466 e. The van der Waals surface area contributed by atoms with Crippen molar-refractivity contribution in [3.8, 4) is 0 Å². The van der Waals surface area contributed by atoms with E-state index in [4.69, 9.17) is 4.74 Å². The SMILES string of the molecule is CC(C)(C)C.CCOC(=O)CC1CCN(C(=O)CC)C1. The number of amides is 1. The lowest BCUT2D eigenvalue weighted by Crippen LogP contribution is -2.28. The molecule has 0 N–H and O–H groups in total. The normalized spacial score (nSPS) is 18.3. The van der Waals surface area contributed by atoms with E-state index >= 15 is 0 Å². The summed E-state index contributed by atoms with van der Waals surface area (Å²) in [5.41, 5.74) is 0.500. The van der Waals surface area contributed by atoms with Crippen LogP contribution in [0.2, 0.25) is 0 Å². The fourth-order valence-electron chi connectivity index (χ4n) is 1.91. The standard InChI is InChI=1S/C11H19NO3.C5H12/c1-3-10(13)12-6-5-9(8-12)7-11(14)15-4-2;1-5(2,3)4/h9H,3-8H2,1-2H3;1-4H3. The fraction of sp³-hybridized carbons (Fsp3) is 0.875. The Kier molecular flexibility index (Phi) is 8.51. The minimum absolute atomic E-state index is 0.145. The average Bonchev–Trinajstić information content (AvgIpc) is 2.74. The molecule has 0 aliphatic carbocycles. The number of likely N-dealkylation sites (tertiary alicyclic amines) is 1. The topological polar surface area (TPSA) is 46.6 Å². The minimum Gasteiger partial charge on any atom is -0.466 e. The summed E-state index contributed by atoms with van der Waals surface area (Å²) in [6.45, 7) is 14.4. The predicted octanol–water partition coefficient (Wildman–Crippen LogP) is 3.25. The maximum atomic E-state index is 11.4. The van der Waals surface area contributed by atoms with Gasteiger partial charge in [-0.05, 0) is 24.7 Å². The van der Waals surface area contributed by atoms with Crippen LogP contribution >= 0.6 is 0 Å². The second-order valence-corrected chi connectivity index (χ2v) is 6.86. The Morgan fingerprint density at radius 2 is 1.75 bits per heavy atom. The summed E-state index contributed by atoms with van der Waals surface area (Å²) in [7, 11) is 0. The van der Waals surface area contributed by atoms with E-state index in [1.807, 2.05) is 11.8 Å². The highest BCUT2D eigenvalue weighted by Gasteiger charge is 2.27. The van der Waals surface area contributed by atoms with Gasteiger partial charge in [-0.1, -0.05) is 34.6 Å². The van der Waals surface area contributed by atoms with Gasteiger partial charge in [0.25, 0.3) is 0 Å². The van der Waals surface area contributed by atoms with Crippen LogP contribution in [0.25, 0.3) is 0 Å². The molecule has 1 heterocycles. The number of ether oxygens (including phenoxy) is 1. The number of hydrogen-bond acceptors (Lipinski definition) is 3. The van der Waals surface area contributed by atoms with Crippen LogP contribution in [0, 0.1) is 11.3 Å². The lowest BCUT2D eigenvalue weighted by molar-refractivity contribution is -0.144. The summed E-state index contributed by atoms with van der Waals surface area (Å²) in [5, 5.41) is 0. The lowest BCUT2D eigenvalue weighted by Gasteiger charge is -2.15. The molecule has 0 aromatic heterocycles. The van der Waals surface area contributed by atoms with E-state index < -0.39 is 0 Å². The molecule has 1 saturated heterocycles. The molecule has 118 valence electrons. The Labute approximate surface area is 123 Å². The highest BCUT2D eigenvalue weighted by Crippen LogP contribution is 2.20. The molecule has 1 atom stereocenters.